The summed E-state index contributed by atoms with van der Waals surface area (Å²) >= 11 is 7.15. The van der Waals surface area contributed by atoms with Crippen LogP contribution in [0.4, 0.5) is 0 Å². The summed E-state index contributed by atoms with van der Waals surface area (Å²) < 4.78 is 2.83. The van der Waals surface area contributed by atoms with Crippen molar-refractivity contribution in [2.24, 2.45) is 0 Å². The van der Waals surface area contributed by atoms with Crippen LogP contribution in [0.25, 0.3) is 10.7 Å². The van der Waals surface area contributed by atoms with E-state index in [1.807, 2.05) is 0 Å². The highest BCUT2D eigenvalue weighted by Crippen LogP contribution is 2.45. The Kier molecular flexibility index (Phi) is 4.03. The van der Waals surface area contributed by atoms with E-state index in [2.05, 4.69) is 28.6 Å². The molecule has 2 heterocycles. The van der Waals surface area contributed by atoms with E-state index in [9.17, 15) is 0 Å². The second kappa shape index (κ2) is 5.77. The van der Waals surface area contributed by atoms with Gasteiger partial charge < -0.3 is 0 Å². The van der Waals surface area contributed by atoms with Crippen molar-refractivity contribution in [1.82, 2.24) is 19.7 Å². The van der Waals surface area contributed by atoms with Gasteiger partial charge in [0.15, 0.2) is 10.6 Å². The van der Waals surface area contributed by atoms with Crippen LogP contribution in [0.3, 0.4) is 0 Å². The van der Waals surface area contributed by atoms with Crippen molar-refractivity contribution in [2.75, 3.05) is 0 Å². The van der Waals surface area contributed by atoms with E-state index in [1.54, 1.807) is 11.3 Å². The minimum atomic E-state index is 0.646. The molecule has 0 spiro atoms. The molecular weight excluding hydrogens is 288 g/mol. The number of H-pyrrole nitrogens is 1. The van der Waals surface area contributed by atoms with Crippen LogP contribution in [0.1, 0.15) is 56.2 Å². The van der Waals surface area contributed by atoms with Crippen molar-refractivity contribution in [3.8, 4) is 10.7 Å². The first-order chi connectivity index (χ1) is 9.74. The average molecular weight is 308 g/mol. The summed E-state index contributed by atoms with van der Waals surface area (Å²) in [5.74, 6) is 1.63. The monoisotopic (exact) mass is 308 g/mol. The zero-order valence-corrected chi connectivity index (χ0v) is 13.6. The second-order valence-electron chi connectivity index (χ2n) is 5.35. The Bertz CT molecular complexity index is 648. The van der Waals surface area contributed by atoms with Crippen molar-refractivity contribution in [1.29, 1.82) is 0 Å². The molecule has 20 heavy (non-hydrogen) atoms. The lowest BCUT2D eigenvalue weighted by molar-refractivity contribution is 0.675. The Morgan fingerprint density at radius 3 is 2.80 bits per heavy atom. The molecule has 0 amide bonds. The van der Waals surface area contributed by atoms with E-state index >= 15 is 0 Å². The van der Waals surface area contributed by atoms with E-state index in [1.165, 1.54) is 28.4 Å². The molecule has 0 unspecified atom stereocenters. The van der Waals surface area contributed by atoms with Crippen molar-refractivity contribution < 1.29 is 0 Å². The predicted octanol–water partition coefficient (Wildman–Crippen LogP) is 4.30. The molecule has 1 aliphatic rings. The minimum absolute atomic E-state index is 0.646. The van der Waals surface area contributed by atoms with Gasteiger partial charge in [0, 0.05) is 12.5 Å². The van der Waals surface area contributed by atoms with Crippen LogP contribution < -0.4 is 0 Å². The molecule has 6 heteroatoms. The number of aromatic nitrogens is 4. The third-order valence-electron chi connectivity index (χ3n) is 3.53. The molecule has 0 aromatic carbocycles. The number of aromatic amines is 1. The second-order valence-corrected chi connectivity index (χ2v) is 6.82. The first kappa shape index (κ1) is 13.9. The molecule has 0 aliphatic heterocycles. The number of rotatable bonds is 6. The van der Waals surface area contributed by atoms with Crippen molar-refractivity contribution >= 4 is 23.6 Å². The fraction of sp³-hybridized carbons (Fsp3) is 0.643. The van der Waals surface area contributed by atoms with Gasteiger partial charge >= 0.3 is 0 Å². The van der Waals surface area contributed by atoms with Gasteiger partial charge in [0.2, 0.25) is 0 Å². The molecule has 4 nitrogen and oxygen atoms in total. The highest BCUT2D eigenvalue weighted by molar-refractivity contribution is 7.71. The van der Waals surface area contributed by atoms with E-state index in [-0.39, 0.29) is 0 Å². The normalized spacial score (nSPS) is 14.9. The maximum Gasteiger partial charge on any atom is 0.195 e. The third kappa shape index (κ3) is 2.59. The fourth-order valence-corrected chi connectivity index (χ4v) is 3.89. The van der Waals surface area contributed by atoms with Crippen LogP contribution in [-0.2, 0) is 13.0 Å². The lowest BCUT2D eigenvalue weighted by Crippen LogP contribution is -2.00. The summed E-state index contributed by atoms with van der Waals surface area (Å²) in [6, 6.07) is 0. The summed E-state index contributed by atoms with van der Waals surface area (Å²) in [5.41, 5.74) is 1.25. The van der Waals surface area contributed by atoms with Gasteiger partial charge in [0.1, 0.15) is 0 Å². The van der Waals surface area contributed by atoms with Crippen molar-refractivity contribution in [3.05, 3.63) is 15.5 Å². The molecule has 2 aromatic rings. The summed E-state index contributed by atoms with van der Waals surface area (Å²) in [6.07, 6.45) is 5.78. The largest absolute Gasteiger partial charge is 0.299 e. The predicted molar refractivity (Wildman–Crippen MR) is 84.8 cm³/mol. The van der Waals surface area contributed by atoms with Crippen molar-refractivity contribution in [3.63, 3.8) is 0 Å². The number of nitrogens with one attached hydrogen (secondary N) is 1. The Hall–Kier alpha value is -1.01. The Balaban J connectivity index is 2.06. The zero-order valence-electron chi connectivity index (χ0n) is 12.0. The molecule has 2 aromatic heterocycles. The van der Waals surface area contributed by atoms with Gasteiger partial charge in [-0.25, -0.2) is 4.98 Å². The topological polar surface area (TPSA) is 46.5 Å². The standard InChI is InChI=1S/C14H20N4S2/c1-3-5-10-15-11(9-6-7-9)12(20-10)13-16-17-14(19)18(13)8-4-2/h9H,3-8H2,1-2H3,(H,17,19). The lowest BCUT2D eigenvalue weighted by Gasteiger charge is -2.04. The van der Waals surface area contributed by atoms with Crippen LogP contribution in [0.2, 0.25) is 0 Å². The highest BCUT2D eigenvalue weighted by atomic mass is 32.1. The van der Waals surface area contributed by atoms with E-state index in [4.69, 9.17) is 17.2 Å². The van der Waals surface area contributed by atoms with E-state index in [0.717, 1.165) is 31.6 Å². The van der Waals surface area contributed by atoms with Gasteiger partial charge in [-0.05, 0) is 44.3 Å². The van der Waals surface area contributed by atoms with Crippen LogP contribution in [0.5, 0.6) is 0 Å². The number of nitrogens with zero attached hydrogens (tertiary/aromatic N) is 3. The van der Waals surface area contributed by atoms with E-state index < -0.39 is 0 Å². The number of aryl methyl sites for hydroxylation is 1. The molecule has 0 saturated heterocycles. The third-order valence-corrected chi connectivity index (χ3v) is 4.97. The van der Waals surface area contributed by atoms with Gasteiger partial charge in [0.25, 0.3) is 0 Å². The quantitative estimate of drug-likeness (QED) is 0.809. The minimum Gasteiger partial charge on any atom is -0.299 e. The first-order valence-corrected chi connectivity index (χ1v) is 8.62. The van der Waals surface area contributed by atoms with Crippen LogP contribution in [0, 0.1) is 4.77 Å². The zero-order chi connectivity index (χ0) is 14.1. The Morgan fingerprint density at radius 1 is 1.35 bits per heavy atom. The van der Waals surface area contributed by atoms with Crippen LogP contribution >= 0.6 is 23.6 Å². The summed E-state index contributed by atoms with van der Waals surface area (Å²) in [5, 5.41) is 8.65. The highest BCUT2D eigenvalue weighted by Gasteiger charge is 2.31. The van der Waals surface area contributed by atoms with Gasteiger partial charge in [0.05, 0.1) is 15.6 Å². The van der Waals surface area contributed by atoms with Gasteiger partial charge in [-0.1, -0.05) is 13.8 Å². The van der Waals surface area contributed by atoms with Crippen LogP contribution in [0.15, 0.2) is 0 Å². The molecular formula is C14H20N4S2. The Morgan fingerprint density at radius 2 is 2.15 bits per heavy atom. The molecule has 1 aliphatic carbocycles. The molecule has 1 fully saturated rings. The lowest BCUT2D eigenvalue weighted by atomic mass is 10.2. The number of hydrogen-bond donors (Lipinski definition) is 1. The van der Waals surface area contributed by atoms with Gasteiger partial charge in [-0.15, -0.1) is 11.3 Å². The number of hydrogen-bond acceptors (Lipinski definition) is 4. The first-order valence-electron chi connectivity index (χ1n) is 7.39. The molecule has 0 bridgehead atoms. The number of thiazole rings is 1. The summed E-state index contributed by atoms with van der Waals surface area (Å²) in [7, 11) is 0. The summed E-state index contributed by atoms with van der Waals surface area (Å²) in [6.45, 7) is 5.27. The molecule has 3 rings (SSSR count). The maximum atomic E-state index is 5.35. The van der Waals surface area contributed by atoms with Crippen molar-refractivity contribution in [2.45, 2.75) is 58.4 Å². The SMILES string of the molecule is CCCc1nc(C2CC2)c(-c2n[nH]c(=S)n2CCC)s1. The molecule has 1 saturated carbocycles. The molecule has 0 radical (unpaired) electrons. The van der Waals surface area contributed by atoms with Crippen LogP contribution in [-0.4, -0.2) is 19.7 Å². The molecule has 1 N–H and O–H groups in total. The maximum absolute atomic E-state index is 5.35. The molecule has 108 valence electrons. The van der Waals surface area contributed by atoms with Gasteiger partial charge in [-0.3, -0.25) is 9.67 Å². The van der Waals surface area contributed by atoms with E-state index in [0.29, 0.717) is 10.7 Å². The summed E-state index contributed by atoms with van der Waals surface area (Å²) in [4.78, 5) is 6.10. The smallest absolute Gasteiger partial charge is 0.195 e. The fourth-order valence-electron chi connectivity index (χ4n) is 2.41. The van der Waals surface area contributed by atoms with Gasteiger partial charge in [-0.2, -0.15) is 5.10 Å². The molecule has 0 atom stereocenters. The Labute approximate surface area is 128 Å². The average Bonchev–Trinajstić information content (AvgIpc) is 3.11.